The fourth-order valence-corrected chi connectivity index (χ4v) is 6.53. The number of nitrogens with one attached hydrogen (secondary N) is 4. The van der Waals surface area contributed by atoms with Gasteiger partial charge in [0.1, 0.15) is 17.7 Å². The van der Waals surface area contributed by atoms with E-state index in [1.807, 2.05) is 24.3 Å². The number of aromatic nitrogens is 1. The number of urea groups is 1. The number of amides is 2. The van der Waals surface area contributed by atoms with Crippen LogP contribution in [0.2, 0.25) is 0 Å². The predicted octanol–water partition coefficient (Wildman–Crippen LogP) is 6.62. The van der Waals surface area contributed by atoms with Crippen LogP contribution in [0.4, 0.5) is 22.0 Å². The zero-order valence-corrected chi connectivity index (χ0v) is 26.4. The Morgan fingerprint density at radius 3 is 2.71 bits per heavy atom. The second-order valence-corrected chi connectivity index (χ2v) is 12.7. The van der Waals surface area contributed by atoms with Gasteiger partial charge in [-0.05, 0) is 97.6 Å². The average Bonchev–Trinajstić information content (AvgIpc) is 3.07. The normalized spacial score (nSPS) is 17.0. The van der Waals surface area contributed by atoms with Gasteiger partial charge in [-0.1, -0.05) is 43.4 Å². The molecule has 240 valence electrons. The molecule has 2 aromatic carbocycles. The number of aliphatic hydroxyl groups is 1. The Balaban J connectivity index is 1.03. The zero-order valence-electron chi connectivity index (χ0n) is 25.6. The van der Waals surface area contributed by atoms with Crippen LogP contribution in [0, 0.1) is 11.4 Å². The van der Waals surface area contributed by atoms with E-state index < -0.39 is 6.10 Å². The number of carbonyl (C=O) groups excluding carboxylic acids is 1. The highest BCUT2D eigenvalue weighted by molar-refractivity contribution is 8.00. The van der Waals surface area contributed by atoms with Crippen LogP contribution in [0.15, 0.2) is 70.9 Å². The zero-order chi connectivity index (χ0) is 31.4. The first-order valence-corrected chi connectivity index (χ1v) is 16.7. The molecule has 2 unspecified atom stereocenters. The van der Waals surface area contributed by atoms with Crippen LogP contribution in [0.3, 0.4) is 0 Å². The summed E-state index contributed by atoms with van der Waals surface area (Å²) in [6.45, 7) is 1.64. The summed E-state index contributed by atoms with van der Waals surface area (Å²) >= 11 is 1.47. The quantitative estimate of drug-likeness (QED) is 0.0500. The first kappa shape index (κ1) is 32.5. The summed E-state index contributed by atoms with van der Waals surface area (Å²) in [6, 6.07) is 16.6. The van der Waals surface area contributed by atoms with Gasteiger partial charge >= 0.3 is 6.03 Å². The van der Waals surface area contributed by atoms with E-state index in [4.69, 9.17) is 16.0 Å². The number of pyridine rings is 1. The van der Waals surface area contributed by atoms with Crippen molar-refractivity contribution < 1.29 is 14.6 Å². The van der Waals surface area contributed by atoms with Crippen molar-refractivity contribution in [1.82, 2.24) is 15.6 Å². The first-order chi connectivity index (χ1) is 22.0. The lowest BCUT2D eigenvalue weighted by molar-refractivity contribution is 0.146. The Morgan fingerprint density at radius 2 is 1.96 bits per heavy atom. The molecule has 2 amide bonds. The number of ether oxygens (including phenoxy) is 1. The van der Waals surface area contributed by atoms with Crippen LogP contribution < -0.4 is 30.8 Å². The van der Waals surface area contributed by atoms with E-state index in [-0.39, 0.29) is 12.1 Å². The van der Waals surface area contributed by atoms with Crippen molar-refractivity contribution in [3.05, 3.63) is 71.9 Å². The van der Waals surface area contributed by atoms with Crippen molar-refractivity contribution >= 4 is 35.2 Å². The van der Waals surface area contributed by atoms with E-state index in [1.165, 1.54) is 44.1 Å². The Morgan fingerprint density at radius 1 is 1.13 bits per heavy atom. The summed E-state index contributed by atoms with van der Waals surface area (Å²) < 4.78 is 9.60. The third-order valence-electron chi connectivity index (χ3n) is 8.44. The van der Waals surface area contributed by atoms with E-state index in [0.717, 1.165) is 64.1 Å². The number of anilines is 3. The molecule has 1 fully saturated rings. The molecule has 3 aromatic rings. The second-order valence-electron chi connectivity index (χ2n) is 11.8. The number of benzene rings is 2. The van der Waals surface area contributed by atoms with Crippen molar-refractivity contribution in [2.45, 2.75) is 74.9 Å². The van der Waals surface area contributed by atoms with E-state index in [9.17, 15) is 9.90 Å². The molecule has 2 heterocycles. The molecule has 1 saturated carbocycles. The third kappa shape index (κ3) is 9.56. The fourth-order valence-electron chi connectivity index (χ4n) is 5.90. The number of carbonyl (C=O) groups is 1. The highest BCUT2D eigenvalue weighted by Gasteiger charge is 2.21. The van der Waals surface area contributed by atoms with Gasteiger partial charge in [-0.2, -0.15) is 10.5 Å². The van der Waals surface area contributed by atoms with Gasteiger partial charge < -0.3 is 30.9 Å². The molecule has 7 N–H and O–H groups in total. The number of aliphatic hydroxyl groups excluding tert-OH is 1. The van der Waals surface area contributed by atoms with Gasteiger partial charge in [0, 0.05) is 42.0 Å². The minimum atomic E-state index is -0.659. The molecule has 45 heavy (non-hydrogen) atoms. The topological polar surface area (TPSA) is 161 Å². The number of fused-ring (bicyclic) bond motifs is 1. The first-order valence-electron chi connectivity index (χ1n) is 15.9. The highest BCUT2D eigenvalue weighted by atomic mass is 32.2. The molecule has 1 aromatic heterocycles. The minimum absolute atomic E-state index is 0.0274. The van der Waals surface area contributed by atoms with Crippen LogP contribution in [0.1, 0.15) is 68.6 Å². The third-order valence-corrected chi connectivity index (χ3v) is 9.29. The maximum absolute atomic E-state index is 12.7. The molecule has 2 aliphatic rings. The summed E-state index contributed by atoms with van der Waals surface area (Å²) in [5, 5.41) is 21.1. The number of hydrogen-bond donors (Lipinski definition) is 6. The standard InChI is InChI=1S/C33H44N8O3S/c34-32-17-9-25(20-38-32)30(42)22-36-21-28-13-8-24-19-26(10-16-31(24)44-28)39-45-29-14-11-27(12-15-29)41(40-35)33(43)37-18-4-7-23-5-2-1-3-6-23/h9-12,14-17,19-20,23,28,30,35-36,39,42H,1-8,13,18,21-22H2,(H2,34,38)(H,37,43). The van der Waals surface area contributed by atoms with Crippen molar-refractivity contribution in [3.63, 3.8) is 0 Å². The van der Waals surface area contributed by atoms with Gasteiger partial charge in [0.25, 0.3) is 0 Å². The van der Waals surface area contributed by atoms with Gasteiger partial charge in [-0.15, -0.1) is 0 Å². The number of rotatable bonds is 14. The Hall–Kier alpha value is -3.87. The maximum atomic E-state index is 12.7. The molecule has 0 bridgehead atoms. The van der Waals surface area contributed by atoms with E-state index in [0.29, 0.717) is 31.1 Å². The van der Waals surface area contributed by atoms with Crippen LogP contribution >= 0.6 is 11.9 Å². The molecule has 1 aliphatic carbocycles. The molecule has 2 atom stereocenters. The Labute approximate surface area is 269 Å². The van der Waals surface area contributed by atoms with Gasteiger partial charge in [-0.25, -0.2) is 9.78 Å². The van der Waals surface area contributed by atoms with Crippen molar-refractivity contribution in [3.8, 4) is 5.75 Å². The van der Waals surface area contributed by atoms with Crippen molar-refractivity contribution in [2.75, 3.05) is 35.1 Å². The lowest BCUT2D eigenvalue weighted by atomic mass is 9.86. The smallest absolute Gasteiger partial charge is 0.343 e. The second kappa shape index (κ2) is 16.4. The summed E-state index contributed by atoms with van der Waals surface area (Å²) in [6.07, 6.45) is 11.4. The number of nitrogens with zero attached hydrogens (tertiary/aromatic N) is 3. The molecule has 1 aliphatic heterocycles. The van der Waals surface area contributed by atoms with Gasteiger partial charge in [-0.3, -0.25) is 0 Å². The number of nitrogen functional groups attached to an aromatic ring is 1. The molecule has 0 spiro atoms. The largest absolute Gasteiger partial charge is 0.489 e. The molecule has 11 nitrogen and oxygen atoms in total. The molecular weight excluding hydrogens is 588 g/mol. The predicted molar refractivity (Wildman–Crippen MR) is 178 cm³/mol. The number of nitrogens with two attached hydrogens (primary N) is 1. The van der Waals surface area contributed by atoms with E-state index in [2.05, 4.69) is 31.6 Å². The van der Waals surface area contributed by atoms with Crippen LogP contribution in [0.25, 0.3) is 0 Å². The highest BCUT2D eigenvalue weighted by Crippen LogP contribution is 2.32. The summed E-state index contributed by atoms with van der Waals surface area (Å²) in [5.74, 6) is 2.09. The maximum Gasteiger partial charge on any atom is 0.343 e. The van der Waals surface area contributed by atoms with Gasteiger partial charge in [0.05, 0.1) is 11.8 Å². The van der Waals surface area contributed by atoms with Gasteiger partial charge in [0.15, 0.2) is 0 Å². The lowest BCUT2D eigenvalue weighted by Crippen LogP contribution is -2.36. The Bertz CT molecular complexity index is 1390. The molecule has 12 heteroatoms. The van der Waals surface area contributed by atoms with E-state index >= 15 is 0 Å². The summed E-state index contributed by atoms with van der Waals surface area (Å²) in [5.41, 5.74) is 16.6. The molecular formula is C33H44N8O3S. The van der Waals surface area contributed by atoms with Crippen LogP contribution in [-0.2, 0) is 6.42 Å². The van der Waals surface area contributed by atoms with Gasteiger partial charge in [0.2, 0.25) is 0 Å². The fraction of sp³-hybridized carbons (Fsp3) is 0.455. The van der Waals surface area contributed by atoms with Crippen molar-refractivity contribution in [1.29, 1.82) is 5.53 Å². The summed E-state index contributed by atoms with van der Waals surface area (Å²) in [4.78, 5) is 17.7. The molecule has 5 rings (SSSR count). The molecule has 0 saturated heterocycles. The van der Waals surface area contributed by atoms with Crippen molar-refractivity contribution in [2.24, 2.45) is 11.1 Å². The SMILES string of the molecule is N=NN(C(=O)NCCCC1CCCCC1)c1ccc(SNc2ccc3c(c2)CCC(CNCC(O)c2ccc(N)nc2)O3)cc1. The summed E-state index contributed by atoms with van der Waals surface area (Å²) in [7, 11) is 0. The van der Waals surface area contributed by atoms with E-state index in [1.54, 1.807) is 30.5 Å². The Kier molecular flexibility index (Phi) is 11.9. The lowest BCUT2D eigenvalue weighted by Gasteiger charge is -2.27. The van der Waals surface area contributed by atoms with Crippen LogP contribution in [-0.4, -0.2) is 41.9 Å². The monoisotopic (exact) mass is 632 g/mol. The number of aryl methyl sites for hydroxylation is 1. The number of hydrogen-bond acceptors (Lipinski definition) is 10. The average molecular weight is 633 g/mol. The molecule has 0 radical (unpaired) electrons. The minimum Gasteiger partial charge on any atom is -0.489 e. The van der Waals surface area contributed by atoms with Crippen LogP contribution in [0.5, 0.6) is 5.75 Å².